The molecule has 1 unspecified atom stereocenters. The molecule has 0 bridgehead atoms. The van der Waals surface area contributed by atoms with Crippen LogP contribution < -0.4 is 27.8 Å². The minimum atomic E-state index is -0.532. The molecule has 0 aromatic heterocycles. The number of nitrogens with zero attached hydrogens (tertiary/aromatic N) is 1. The third kappa shape index (κ3) is 14.5. The van der Waals surface area contributed by atoms with Crippen molar-refractivity contribution in [2.45, 2.75) is 57.6 Å². The van der Waals surface area contributed by atoms with Crippen LogP contribution in [0.1, 0.15) is 50.5 Å². The molecule has 188 valence electrons. The highest BCUT2D eigenvalue weighted by Crippen LogP contribution is 2.06. The quantitative estimate of drug-likeness (QED) is 0.194. The van der Waals surface area contributed by atoms with E-state index in [9.17, 15) is 9.59 Å². The summed E-state index contributed by atoms with van der Waals surface area (Å²) in [6, 6.07) is 9.00. The maximum Gasteiger partial charge on any atom is 0.407 e. The van der Waals surface area contributed by atoms with Crippen molar-refractivity contribution in [3.05, 3.63) is 35.9 Å². The highest BCUT2D eigenvalue weighted by atomic mass is 16.5. The van der Waals surface area contributed by atoms with Gasteiger partial charge in [-0.05, 0) is 76.7 Å². The van der Waals surface area contributed by atoms with Crippen LogP contribution in [0.3, 0.4) is 0 Å². The molecule has 0 aliphatic rings. The standard InChI is InChI=1S/C24H44N6O3/c25-13-8-16-28-15-6-7-18-30(19-9-14-26)23(31)22(27)12-4-5-17-29-24(32)33-20-21-10-2-1-3-11-21/h1-3,10-11,22,28H,4-9,12-20,25-27H2,(H,29,32). The van der Waals surface area contributed by atoms with Gasteiger partial charge in [-0.2, -0.15) is 0 Å². The average molecular weight is 465 g/mol. The van der Waals surface area contributed by atoms with Gasteiger partial charge in [-0.25, -0.2) is 4.79 Å². The number of hydrogen-bond donors (Lipinski definition) is 5. The van der Waals surface area contributed by atoms with Gasteiger partial charge >= 0.3 is 6.09 Å². The molecule has 2 amide bonds. The van der Waals surface area contributed by atoms with Crippen LogP contribution in [0.2, 0.25) is 0 Å². The van der Waals surface area contributed by atoms with Gasteiger partial charge in [0.05, 0.1) is 6.04 Å². The summed E-state index contributed by atoms with van der Waals surface area (Å²) < 4.78 is 5.18. The number of unbranched alkanes of at least 4 members (excludes halogenated alkanes) is 2. The fourth-order valence-electron chi connectivity index (χ4n) is 3.33. The van der Waals surface area contributed by atoms with E-state index in [1.54, 1.807) is 0 Å². The lowest BCUT2D eigenvalue weighted by Gasteiger charge is -2.26. The largest absolute Gasteiger partial charge is 0.445 e. The van der Waals surface area contributed by atoms with Crippen LogP contribution in [0.25, 0.3) is 0 Å². The second kappa shape index (κ2) is 19.3. The highest BCUT2D eigenvalue weighted by molar-refractivity contribution is 5.81. The lowest BCUT2D eigenvalue weighted by Crippen LogP contribution is -2.45. The topological polar surface area (TPSA) is 149 Å². The van der Waals surface area contributed by atoms with Gasteiger partial charge in [0.1, 0.15) is 6.61 Å². The molecule has 0 aliphatic carbocycles. The van der Waals surface area contributed by atoms with Crippen LogP contribution in [0.5, 0.6) is 0 Å². The van der Waals surface area contributed by atoms with Gasteiger partial charge in [-0.15, -0.1) is 0 Å². The Morgan fingerprint density at radius 1 is 0.879 bits per heavy atom. The van der Waals surface area contributed by atoms with Gasteiger partial charge < -0.3 is 37.5 Å². The number of alkyl carbamates (subject to hydrolysis) is 1. The Bertz CT molecular complexity index is 632. The minimum Gasteiger partial charge on any atom is -0.445 e. The van der Waals surface area contributed by atoms with E-state index in [4.69, 9.17) is 21.9 Å². The average Bonchev–Trinajstić information content (AvgIpc) is 2.83. The van der Waals surface area contributed by atoms with Crippen molar-refractivity contribution in [1.82, 2.24) is 15.5 Å². The number of benzene rings is 1. The Kier molecular flexibility index (Phi) is 16.9. The smallest absolute Gasteiger partial charge is 0.407 e. The normalized spacial score (nSPS) is 11.7. The Hall–Kier alpha value is -2.20. The molecule has 1 rings (SSSR count). The first kappa shape index (κ1) is 28.8. The summed E-state index contributed by atoms with van der Waals surface area (Å²) in [6.07, 6.45) is 5.29. The summed E-state index contributed by atoms with van der Waals surface area (Å²) in [7, 11) is 0. The zero-order valence-corrected chi connectivity index (χ0v) is 20.0. The van der Waals surface area contributed by atoms with E-state index in [0.29, 0.717) is 39.1 Å². The first-order valence-corrected chi connectivity index (χ1v) is 12.2. The van der Waals surface area contributed by atoms with E-state index >= 15 is 0 Å². The zero-order valence-electron chi connectivity index (χ0n) is 20.0. The number of nitrogens with two attached hydrogens (primary N) is 3. The molecule has 9 nitrogen and oxygen atoms in total. The van der Waals surface area contributed by atoms with Gasteiger partial charge in [0, 0.05) is 19.6 Å². The summed E-state index contributed by atoms with van der Waals surface area (Å²) in [5.74, 6) is -0.0187. The molecule has 0 radical (unpaired) electrons. The van der Waals surface area contributed by atoms with E-state index in [1.165, 1.54) is 0 Å². The van der Waals surface area contributed by atoms with Crippen molar-refractivity contribution in [1.29, 1.82) is 0 Å². The lowest BCUT2D eigenvalue weighted by atomic mass is 10.1. The molecule has 1 atom stereocenters. The fourth-order valence-corrected chi connectivity index (χ4v) is 3.33. The van der Waals surface area contributed by atoms with Crippen molar-refractivity contribution >= 4 is 12.0 Å². The minimum absolute atomic E-state index is 0.0187. The van der Waals surface area contributed by atoms with E-state index in [2.05, 4.69) is 10.6 Å². The molecule has 1 aromatic carbocycles. The van der Waals surface area contributed by atoms with Crippen LogP contribution in [-0.4, -0.2) is 68.8 Å². The third-order valence-electron chi connectivity index (χ3n) is 5.27. The number of amides is 2. The SMILES string of the molecule is NCCCNCCCCN(CCCN)C(=O)C(N)CCCCNC(=O)OCc1ccccc1. The molecule has 8 N–H and O–H groups in total. The third-order valence-corrected chi connectivity index (χ3v) is 5.27. The van der Waals surface area contributed by atoms with E-state index in [-0.39, 0.29) is 12.5 Å². The van der Waals surface area contributed by atoms with Gasteiger partial charge in [0.2, 0.25) is 5.91 Å². The van der Waals surface area contributed by atoms with Crippen molar-refractivity contribution < 1.29 is 14.3 Å². The summed E-state index contributed by atoms with van der Waals surface area (Å²) >= 11 is 0. The maximum atomic E-state index is 12.8. The number of hydrogen-bond acceptors (Lipinski definition) is 7. The number of ether oxygens (including phenoxy) is 1. The highest BCUT2D eigenvalue weighted by Gasteiger charge is 2.20. The Morgan fingerprint density at radius 3 is 2.27 bits per heavy atom. The maximum absolute atomic E-state index is 12.8. The van der Waals surface area contributed by atoms with Crippen molar-refractivity contribution in [3.8, 4) is 0 Å². The van der Waals surface area contributed by atoms with E-state index < -0.39 is 12.1 Å². The monoisotopic (exact) mass is 464 g/mol. The molecule has 0 heterocycles. The van der Waals surface area contributed by atoms with Gasteiger partial charge in [-0.1, -0.05) is 30.3 Å². The van der Waals surface area contributed by atoms with Gasteiger partial charge in [0.25, 0.3) is 0 Å². The number of nitrogens with one attached hydrogen (secondary N) is 2. The first-order chi connectivity index (χ1) is 16.1. The fraction of sp³-hybridized carbons (Fsp3) is 0.667. The first-order valence-electron chi connectivity index (χ1n) is 12.2. The number of rotatable bonds is 19. The molecule has 33 heavy (non-hydrogen) atoms. The second-order valence-electron chi connectivity index (χ2n) is 8.16. The lowest BCUT2D eigenvalue weighted by molar-refractivity contribution is -0.132. The van der Waals surface area contributed by atoms with Gasteiger partial charge in [0.15, 0.2) is 0 Å². The predicted molar refractivity (Wildman–Crippen MR) is 132 cm³/mol. The predicted octanol–water partition coefficient (Wildman–Crippen LogP) is 1.31. The molecule has 0 saturated heterocycles. The molecule has 1 aromatic rings. The van der Waals surface area contributed by atoms with E-state index in [1.807, 2.05) is 35.2 Å². The number of carbonyl (C=O) groups excluding carboxylic acids is 2. The number of carbonyl (C=O) groups is 2. The Balaban J connectivity index is 2.20. The van der Waals surface area contributed by atoms with Crippen LogP contribution in [-0.2, 0) is 16.1 Å². The van der Waals surface area contributed by atoms with Crippen LogP contribution in [0.15, 0.2) is 30.3 Å². The summed E-state index contributed by atoms with van der Waals surface area (Å²) in [5, 5.41) is 6.09. The van der Waals surface area contributed by atoms with Crippen molar-refractivity contribution in [3.63, 3.8) is 0 Å². The molecule has 9 heteroatoms. The summed E-state index contributed by atoms with van der Waals surface area (Å²) in [4.78, 5) is 26.4. The summed E-state index contributed by atoms with van der Waals surface area (Å²) in [5.41, 5.74) is 18.2. The molecular weight excluding hydrogens is 420 g/mol. The Labute approximate surface area is 198 Å². The zero-order chi connectivity index (χ0) is 24.2. The molecular formula is C24H44N6O3. The van der Waals surface area contributed by atoms with Crippen LogP contribution in [0.4, 0.5) is 4.79 Å². The molecule has 0 spiro atoms. The second-order valence-corrected chi connectivity index (χ2v) is 8.16. The van der Waals surface area contributed by atoms with Crippen molar-refractivity contribution in [2.24, 2.45) is 17.2 Å². The summed E-state index contributed by atoms with van der Waals surface area (Å²) in [6.45, 7) is 5.16. The molecule has 0 aliphatic heterocycles. The molecule has 0 saturated carbocycles. The Morgan fingerprint density at radius 2 is 1.55 bits per heavy atom. The molecule has 0 fully saturated rings. The van der Waals surface area contributed by atoms with Gasteiger partial charge in [-0.3, -0.25) is 4.79 Å². The van der Waals surface area contributed by atoms with E-state index in [0.717, 1.165) is 57.2 Å². The van der Waals surface area contributed by atoms with Crippen molar-refractivity contribution in [2.75, 3.05) is 45.8 Å². The van der Waals surface area contributed by atoms with Crippen LogP contribution >= 0.6 is 0 Å². The van der Waals surface area contributed by atoms with Crippen LogP contribution in [0, 0.1) is 0 Å².